The summed E-state index contributed by atoms with van der Waals surface area (Å²) in [5.41, 5.74) is 1.21. The van der Waals surface area contributed by atoms with Crippen molar-refractivity contribution in [2.45, 2.75) is 39.7 Å². The van der Waals surface area contributed by atoms with Gasteiger partial charge in [0.05, 0.1) is 5.56 Å². The van der Waals surface area contributed by atoms with Crippen LogP contribution in [-0.4, -0.2) is 28.6 Å². The Morgan fingerprint density at radius 3 is 2.67 bits per heavy atom. The van der Waals surface area contributed by atoms with Crippen LogP contribution in [0.4, 0.5) is 5.82 Å². The van der Waals surface area contributed by atoms with Crippen LogP contribution in [0, 0.1) is 12.8 Å². The van der Waals surface area contributed by atoms with Gasteiger partial charge in [0.1, 0.15) is 5.82 Å². The van der Waals surface area contributed by atoms with Crippen LogP contribution in [0.25, 0.3) is 0 Å². The SMILES string of the molecule is Cc1cc(C(=O)O)cnc1N(CC(C)C)C1CC1. The highest BCUT2D eigenvalue weighted by Gasteiger charge is 2.31. The predicted molar refractivity (Wildman–Crippen MR) is 71.1 cm³/mol. The molecule has 98 valence electrons. The van der Waals surface area contributed by atoms with E-state index in [0.717, 1.165) is 17.9 Å². The number of rotatable bonds is 5. The fourth-order valence-corrected chi connectivity index (χ4v) is 2.17. The van der Waals surface area contributed by atoms with Gasteiger partial charge in [-0.25, -0.2) is 9.78 Å². The summed E-state index contributed by atoms with van der Waals surface area (Å²) in [6, 6.07) is 2.30. The molecule has 0 atom stereocenters. The summed E-state index contributed by atoms with van der Waals surface area (Å²) in [6.45, 7) is 7.29. The van der Waals surface area contributed by atoms with E-state index in [0.29, 0.717) is 12.0 Å². The van der Waals surface area contributed by atoms with Gasteiger partial charge in [0, 0.05) is 18.8 Å². The molecule has 18 heavy (non-hydrogen) atoms. The lowest BCUT2D eigenvalue weighted by molar-refractivity contribution is 0.0696. The number of hydrogen-bond donors (Lipinski definition) is 1. The van der Waals surface area contributed by atoms with Gasteiger partial charge in [-0.05, 0) is 37.3 Å². The Kier molecular flexibility index (Phi) is 3.55. The number of aromatic nitrogens is 1. The average Bonchev–Trinajstić information content (AvgIpc) is 3.09. The van der Waals surface area contributed by atoms with Gasteiger partial charge in [0.2, 0.25) is 0 Å². The smallest absolute Gasteiger partial charge is 0.337 e. The van der Waals surface area contributed by atoms with Crippen LogP contribution in [0.5, 0.6) is 0 Å². The van der Waals surface area contributed by atoms with Crippen molar-refractivity contribution < 1.29 is 9.90 Å². The molecule has 1 N–H and O–H groups in total. The molecule has 1 aromatic heterocycles. The van der Waals surface area contributed by atoms with Crippen LogP contribution < -0.4 is 4.90 Å². The third-order valence-electron chi connectivity index (χ3n) is 3.12. The molecule has 1 aliphatic carbocycles. The highest BCUT2D eigenvalue weighted by Crippen LogP contribution is 2.33. The normalized spacial score (nSPS) is 14.9. The van der Waals surface area contributed by atoms with E-state index >= 15 is 0 Å². The van der Waals surface area contributed by atoms with E-state index in [1.165, 1.54) is 19.0 Å². The minimum atomic E-state index is -0.918. The number of aromatic carboxylic acids is 1. The van der Waals surface area contributed by atoms with Crippen molar-refractivity contribution in [2.24, 2.45) is 5.92 Å². The summed E-state index contributed by atoms with van der Waals surface area (Å²) >= 11 is 0. The highest BCUT2D eigenvalue weighted by molar-refractivity contribution is 5.87. The maximum atomic E-state index is 10.9. The molecular weight excluding hydrogens is 228 g/mol. The number of pyridine rings is 1. The summed E-state index contributed by atoms with van der Waals surface area (Å²) in [5, 5.41) is 8.95. The fourth-order valence-electron chi connectivity index (χ4n) is 2.17. The van der Waals surface area contributed by atoms with Gasteiger partial charge < -0.3 is 10.0 Å². The van der Waals surface area contributed by atoms with E-state index in [1.54, 1.807) is 6.07 Å². The van der Waals surface area contributed by atoms with Crippen molar-refractivity contribution in [2.75, 3.05) is 11.4 Å². The van der Waals surface area contributed by atoms with Gasteiger partial charge in [-0.1, -0.05) is 13.8 Å². The van der Waals surface area contributed by atoms with E-state index in [4.69, 9.17) is 5.11 Å². The van der Waals surface area contributed by atoms with Crippen molar-refractivity contribution in [1.82, 2.24) is 4.98 Å². The number of anilines is 1. The zero-order valence-corrected chi connectivity index (χ0v) is 11.2. The van der Waals surface area contributed by atoms with Gasteiger partial charge in [-0.15, -0.1) is 0 Å². The van der Waals surface area contributed by atoms with Gasteiger partial charge in [0.25, 0.3) is 0 Å². The van der Waals surface area contributed by atoms with Gasteiger partial charge in [-0.2, -0.15) is 0 Å². The van der Waals surface area contributed by atoms with Crippen LogP contribution >= 0.6 is 0 Å². The second kappa shape index (κ2) is 4.96. The summed E-state index contributed by atoms with van der Waals surface area (Å²) in [7, 11) is 0. The first-order valence-electron chi connectivity index (χ1n) is 6.45. The molecule has 4 nitrogen and oxygen atoms in total. The van der Waals surface area contributed by atoms with Gasteiger partial charge in [0.15, 0.2) is 0 Å². The van der Waals surface area contributed by atoms with Crippen LogP contribution in [0.15, 0.2) is 12.3 Å². The van der Waals surface area contributed by atoms with Crippen LogP contribution in [-0.2, 0) is 0 Å². The Morgan fingerprint density at radius 2 is 2.22 bits per heavy atom. The molecular formula is C14H20N2O2. The molecule has 1 saturated carbocycles. The monoisotopic (exact) mass is 248 g/mol. The molecule has 0 unspecified atom stereocenters. The molecule has 0 aromatic carbocycles. The highest BCUT2D eigenvalue weighted by atomic mass is 16.4. The minimum absolute atomic E-state index is 0.261. The van der Waals surface area contributed by atoms with Crippen LogP contribution in [0.2, 0.25) is 0 Å². The van der Waals surface area contributed by atoms with Crippen molar-refractivity contribution in [3.05, 3.63) is 23.4 Å². The Bertz CT molecular complexity index is 453. The number of carbonyl (C=O) groups is 1. The number of carboxylic acids is 1. The molecule has 4 heteroatoms. The molecule has 0 spiro atoms. The summed E-state index contributed by atoms with van der Waals surface area (Å²) in [4.78, 5) is 17.6. The zero-order chi connectivity index (χ0) is 13.3. The lowest BCUT2D eigenvalue weighted by Crippen LogP contribution is -2.31. The van der Waals surface area contributed by atoms with E-state index in [2.05, 4.69) is 23.7 Å². The third-order valence-corrected chi connectivity index (χ3v) is 3.12. The fraction of sp³-hybridized carbons (Fsp3) is 0.571. The summed E-state index contributed by atoms with van der Waals surface area (Å²) in [5.74, 6) is 0.598. The van der Waals surface area contributed by atoms with Crippen LogP contribution in [0.1, 0.15) is 42.6 Å². The quantitative estimate of drug-likeness (QED) is 0.870. The molecule has 0 amide bonds. The molecule has 0 radical (unpaired) electrons. The maximum Gasteiger partial charge on any atom is 0.337 e. The molecule has 0 saturated heterocycles. The number of carboxylic acid groups (broad SMARTS) is 1. The Hall–Kier alpha value is -1.58. The molecule has 2 rings (SSSR count). The van der Waals surface area contributed by atoms with Crippen molar-refractivity contribution in [3.63, 3.8) is 0 Å². The molecule has 1 aliphatic rings. The minimum Gasteiger partial charge on any atom is -0.478 e. The summed E-state index contributed by atoms with van der Waals surface area (Å²) in [6.07, 6.45) is 3.89. The second-order valence-electron chi connectivity index (χ2n) is 5.45. The first-order chi connectivity index (χ1) is 8.49. The van der Waals surface area contributed by atoms with Crippen molar-refractivity contribution in [1.29, 1.82) is 0 Å². The van der Waals surface area contributed by atoms with E-state index < -0.39 is 5.97 Å². The summed E-state index contributed by atoms with van der Waals surface area (Å²) < 4.78 is 0. The third kappa shape index (κ3) is 2.81. The predicted octanol–water partition coefficient (Wildman–Crippen LogP) is 2.71. The largest absolute Gasteiger partial charge is 0.478 e. The standard InChI is InChI=1S/C14H20N2O2/c1-9(2)8-16(12-4-5-12)13-10(3)6-11(7-15-13)14(17)18/h6-7,9,12H,4-5,8H2,1-3H3,(H,17,18). The first kappa shape index (κ1) is 12.9. The Morgan fingerprint density at radius 1 is 1.56 bits per heavy atom. The Labute approximate surface area is 108 Å². The lowest BCUT2D eigenvalue weighted by Gasteiger charge is -2.27. The lowest BCUT2D eigenvalue weighted by atomic mass is 10.1. The zero-order valence-electron chi connectivity index (χ0n) is 11.2. The molecule has 1 fully saturated rings. The van der Waals surface area contributed by atoms with Crippen molar-refractivity contribution >= 4 is 11.8 Å². The molecule has 0 bridgehead atoms. The van der Waals surface area contributed by atoms with Crippen LogP contribution in [0.3, 0.4) is 0 Å². The van der Waals surface area contributed by atoms with Gasteiger partial charge >= 0.3 is 5.97 Å². The number of nitrogens with zero attached hydrogens (tertiary/aromatic N) is 2. The molecule has 0 aliphatic heterocycles. The number of aryl methyl sites for hydroxylation is 1. The van der Waals surface area contributed by atoms with E-state index in [-0.39, 0.29) is 5.56 Å². The topological polar surface area (TPSA) is 53.4 Å². The molecule has 1 heterocycles. The maximum absolute atomic E-state index is 10.9. The average molecular weight is 248 g/mol. The Balaban J connectivity index is 2.27. The number of hydrogen-bond acceptors (Lipinski definition) is 3. The van der Waals surface area contributed by atoms with Crippen molar-refractivity contribution in [3.8, 4) is 0 Å². The molecule has 1 aromatic rings. The van der Waals surface area contributed by atoms with E-state index in [1.807, 2.05) is 6.92 Å². The second-order valence-corrected chi connectivity index (χ2v) is 5.45. The van der Waals surface area contributed by atoms with Gasteiger partial charge in [-0.3, -0.25) is 0 Å². The first-order valence-corrected chi connectivity index (χ1v) is 6.45. The van der Waals surface area contributed by atoms with E-state index in [9.17, 15) is 4.79 Å².